The second-order valence-corrected chi connectivity index (χ2v) is 5.77. The summed E-state index contributed by atoms with van der Waals surface area (Å²) in [6.45, 7) is 9.25. The average Bonchev–Trinajstić information content (AvgIpc) is 2.85. The molecule has 0 aliphatic heterocycles. The van der Waals surface area contributed by atoms with Gasteiger partial charge in [-0.3, -0.25) is 4.68 Å². The van der Waals surface area contributed by atoms with Crippen molar-refractivity contribution in [2.75, 3.05) is 0 Å². The molecule has 0 aliphatic carbocycles. The van der Waals surface area contributed by atoms with E-state index in [1.165, 1.54) is 0 Å². The molecule has 2 rings (SSSR count). The summed E-state index contributed by atoms with van der Waals surface area (Å²) in [5.41, 5.74) is 9.59. The minimum atomic E-state index is -0.0983. The van der Waals surface area contributed by atoms with Gasteiger partial charge >= 0.3 is 0 Å². The Hall–Kier alpha value is -1.69. The molecule has 0 amide bonds. The van der Waals surface area contributed by atoms with Crippen molar-refractivity contribution in [3.8, 4) is 0 Å². The lowest BCUT2D eigenvalue weighted by Crippen LogP contribution is -2.19. The van der Waals surface area contributed by atoms with Crippen molar-refractivity contribution >= 4 is 0 Å². The van der Waals surface area contributed by atoms with Gasteiger partial charge in [-0.05, 0) is 19.8 Å². The van der Waals surface area contributed by atoms with E-state index in [4.69, 9.17) is 5.73 Å². The number of rotatable bonds is 5. The highest BCUT2D eigenvalue weighted by Crippen LogP contribution is 2.22. The Morgan fingerprint density at radius 3 is 2.55 bits per heavy atom. The predicted molar refractivity (Wildman–Crippen MR) is 78.2 cm³/mol. The zero-order valence-electron chi connectivity index (χ0n) is 13.0. The quantitative estimate of drug-likeness (QED) is 0.898. The zero-order valence-corrected chi connectivity index (χ0v) is 13.0. The third kappa shape index (κ3) is 2.90. The molecule has 6 heteroatoms. The van der Waals surface area contributed by atoms with Crippen LogP contribution in [-0.4, -0.2) is 24.5 Å². The molecule has 2 N–H and O–H groups in total. The number of hydrogen-bond acceptors (Lipinski definition) is 4. The molecule has 110 valence electrons. The Kier molecular flexibility index (Phi) is 4.23. The van der Waals surface area contributed by atoms with Crippen LogP contribution in [0.15, 0.2) is 6.33 Å². The van der Waals surface area contributed by atoms with E-state index in [-0.39, 0.29) is 6.04 Å². The minimum Gasteiger partial charge on any atom is -0.323 e. The van der Waals surface area contributed by atoms with Gasteiger partial charge in [0.1, 0.15) is 12.2 Å². The predicted octanol–water partition coefficient (Wildman–Crippen LogP) is 1.53. The van der Waals surface area contributed by atoms with E-state index in [1.807, 2.05) is 30.3 Å². The van der Waals surface area contributed by atoms with Crippen LogP contribution in [0.25, 0.3) is 0 Å². The van der Waals surface area contributed by atoms with Gasteiger partial charge in [0.25, 0.3) is 0 Å². The van der Waals surface area contributed by atoms with Crippen molar-refractivity contribution in [3.05, 3.63) is 29.1 Å². The summed E-state index contributed by atoms with van der Waals surface area (Å²) in [6.07, 6.45) is 2.29. The molecular weight excluding hydrogens is 252 g/mol. The molecular formula is C14H24N6. The van der Waals surface area contributed by atoms with Gasteiger partial charge in [-0.2, -0.15) is 10.2 Å². The van der Waals surface area contributed by atoms with Gasteiger partial charge in [-0.1, -0.05) is 13.8 Å². The largest absolute Gasteiger partial charge is 0.323 e. The lowest BCUT2D eigenvalue weighted by atomic mass is 10.0. The third-order valence-corrected chi connectivity index (χ3v) is 3.57. The lowest BCUT2D eigenvalue weighted by Gasteiger charge is -2.14. The Morgan fingerprint density at radius 2 is 2.00 bits per heavy atom. The van der Waals surface area contributed by atoms with Crippen LogP contribution >= 0.6 is 0 Å². The molecule has 0 fully saturated rings. The van der Waals surface area contributed by atoms with E-state index in [9.17, 15) is 0 Å². The first-order chi connectivity index (χ1) is 9.40. The Morgan fingerprint density at radius 1 is 1.30 bits per heavy atom. The molecule has 0 aromatic carbocycles. The number of nitrogens with zero attached hydrogens (tertiary/aromatic N) is 5. The summed E-state index contributed by atoms with van der Waals surface area (Å²) in [7, 11) is 1.94. The topological polar surface area (TPSA) is 74.6 Å². The summed E-state index contributed by atoms with van der Waals surface area (Å²) in [5, 5.41) is 8.71. The van der Waals surface area contributed by atoms with Gasteiger partial charge in [0.05, 0.1) is 5.69 Å². The maximum Gasteiger partial charge on any atom is 0.138 e. The van der Waals surface area contributed by atoms with Crippen molar-refractivity contribution < 1.29 is 0 Å². The molecule has 6 nitrogen and oxygen atoms in total. The van der Waals surface area contributed by atoms with E-state index < -0.39 is 0 Å². The fraction of sp³-hybridized carbons (Fsp3) is 0.643. The van der Waals surface area contributed by atoms with Crippen molar-refractivity contribution in [1.82, 2.24) is 24.5 Å². The lowest BCUT2D eigenvalue weighted by molar-refractivity contribution is 0.459. The van der Waals surface area contributed by atoms with E-state index in [2.05, 4.69) is 29.0 Å². The van der Waals surface area contributed by atoms with Crippen molar-refractivity contribution in [3.63, 3.8) is 0 Å². The van der Waals surface area contributed by atoms with Gasteiger partial charge in [0.2, 0.25) is 0 Å². The standard InChI is InChI=1S/C14H24N6/c1-9(2)7-20-13(16-8-17-20)6-12(15)14-10(3)18-19(5)11(14)4/h8-9,12H,6-7,15H2,1-5H3. The average molecular weight is 276 g/mol. The van der Waals surface area contributed by atoms with E-state index in [0.29, 0.717) is 12.3 Å². The summed E-state index contributed by atoms with van der Waals surface area (Å²) < 4.78 is 3.83. The first-order valence-corrected chi connectivity index (χ1v) is 7.02. The third-order valence-electron chi connectivity index (χ3n) is 3.57. The molecule has 1 atom stereocenters. The van der Waals surface area contributed by atoms with E-state index in [0.717, 1.165) is 29.3 Å². The highest BCUT2D eigenvalue weighted by Gasteiger charge is 2.19. The second-order valence-electron chi connectivity index (χ2n) is 5.77. The highest BCUT2D eigenvalue weighted by atomic mass is 15.3. The Labute approximate surface area is 120 Å². The van der Waals surface area contributed by atoms with Gasteiger partial charge in [0, 0.05) is 37.3 Å². The highest BCUT2D eigenvalue weighted by molar-refractivity contribution is 5.28. The monoisotopic (exact) mass is 276 g/mol. The van der Waals surface area contributed by atoms with Gasteiger partial charge in [-0.25, -0.2) is 9.67 Å². The van der Waals surface area contributed by atoms with Crippen molar-refractivity contribution in [1.29, 1.82) is 0 Å². The molecule has 2 heterocycles. The molecule has 1 unspecified atom stereocenters. The second kappa shape index (κ2) is 5.75. The van der Waals surface area contributed by atoms with Crippen molar-refractivity contribution in [2.24, 2.45) is 18.7 Å². The fourth-order valence-corrected chi connectivity index (χ4v) is 2.57. The van der Waals surface area contributed by atoms with Crippen LogP contribution in [0.5, 0.6) is 0 Å². The first-order valence-electron chi connectivity index (χ1n) is 7.02. The van der Waals surface area contributed by atoms with Crippen LogP contribution in [0, 0.1) is 19.8 Å². The number of aryl methyl sites for hydroxylation is 2. The van der Waals surface area contributed by atoms with Crippen LogP contribution in [0.2, 0.25) is 0 Å². The van der Waals surface area contributed by atoms with Crippen LogP contribution in [0.3, 0.4) is 0 Å². The molecule has 0 bridgehead atoms. The molecule has 2 aromatic heterocycles. The maximum absolute atomic E-state index is 6.37. The van der Waals surface area contributed by atoms with Gasteiger partial charge in [0.15, 0.2) is 0 Å². The molecule has 0 aliphatic rings. The van der Waals surface area contributed by atoms with Crippen LogP contribution in [0.1, 0.15) is 42.7 Å². The van der Waals surface area contributed by atoms with Crippen LogP contribution in [0.4, 0.5) is 0 Å². The Balaban J connectivity index is 2.19. The summed E-state index contributed by atoms with van der Waals surface area (Å²) in [5.74, 6) is 1.47. The van der Waals surface area contributed by atoms with Gasteiger partial charge in [-0.15, -0.1) is 0 Å². The molecule has 2 aromatic rings. The number of aromatic nitrogens is 5. The summed E-state index contributed by atoms with van der Waals surface area (Å²) in [6, 6.07) is -0.0983. The van der Waals surface area contributed by atoms with Crippen molar-refractivity contribution in [2.45, 2.75) is 46.7 Å². The minimum absolute atomic E-state index is 0.0983. The van der Waals surface area contributed by atoms with Crippen LogP contribution < -0.4 is 5.73 Å². The van der Waals surface area contributed by atoms with E-state index >= 15 is 0 Å². The number of hydrogen-bond donors (Lipinski definition) is 1. The maximum atomic E-state index is 6.37. The molecule has 0 saturated heterocycles. The Bertz CT molecular complexity index is 580. The SMILES string of the molecule is Cc1nn(C)c(C)c1C(N)Cc1ncnn1CC(C)C. The smallest absolute Gasteiger partial charge is 0.138 e. The van der Waals surface area contributed by atoms with E-state index in [1.54, 1.807) is 6.33 Å². The van der Waals surface area contributed by atoms with Crippen LogP contribution in [-0.2, 0) is 20.0 Å². The molecule has 0 spiro atoms. The first kappa shape index (κ1) is 14.7. The molecule has 0 radical (unpaired) electrons. The van der Waals surface area contributed by atoms with Gasteiger partial charge < -0.3 is 5.73 Å². The summed E-state index contributed by atoms with van der Waals surface area (Å²) >= 11 is 0. The molecule has 0 saturated carbocycles. The molecule has 20 heavy (non-hydrogen) atoms. The number of nitrogens with two attached hydrogens (primary N) is 1. The fourth-order valence-electron chi connectivity index (χ4n) is 2.57. The normalized spacial score (nSPS) is 13.2. The summed E-state index contributed by atoms with van der Waals surface area (Å²) in [4.78, 5) is 4.35. The zero-order chi connectivity index (χ0) is 14.9.